The van der Waals surface area contributed by atoms with Gasteiger partial charge in [0.25, 0.3) is 0 Å². The van der Waals surface area contributed by atoms with Crippen molar-refractivity contribution in [1.29, 1.82) is 0 Å². The summed E-state index contributed by atoms with van der Waals surface area (Å²) in [7, 11) is 54.8. The minimum atomic E-state index is 0.163. The van der Waals surface area contributed by atoms with Crippen LogP contribution in [0.25, 0.3) is 98.4 Å². The van der Waals surface area contributed by atoms with Crippen LogP contribution in [0.4, 0.5) is 0 Å². The number of benzene rings is 9. The van der Waals surface area contributed by atoms with Crippen molar-refractivity contribution in [3.8, 4) is 33.4 Å². The number of hydrogen-bond donors (Lipinski definition) is 0. The summed E-state index contributed by atoms with van der Waals surface area (Å²) < 4.78 is 6.32. The Morgan fingerprint density at radius 2 is 0.800 bits per heavy atom. The zero-order valence-corrected chi connectivity index (χ0v) is 29.6. The van der Waals surface area contributed by atoms with Crippen molar-refractivity contribution in [2.75, 3.05) is 0 Å². The van der Waals surface area contributed by atoms with Crippen LogP contribution in [0, 0.1) is 0 Å². The molecular formula is C46H20B8O. The number of para-hydroxylation sites is 1. The van der Waals surface area contributed by atoms with Crippen LogP contribution in [0.15, 0.2) is 126 Å². The van der Waals surface area contributed by atoms with E-state index in [2.05, 4.69) is 60.7 Å². The third kappa shape index (κ3) is 4.85. The molecule has 9 heteroatoms. The van der Waals surface area contributed by atoms with Gasteiger partial charge in [-0.3, -0.25) is 0 Å². The Balaban J connectivity index is 1.36. The average Bonchev–Trinajstić information content (AvgIpc) is 3.61. The highest BCUT2D eigenvalue weighted by atomic mass is 16.3. The minimum absolute atomic E-state index is 0.163. The Morgan fingerprint density at radius 3 is 1.40 bits per heavy atom. The van der Waals surface area contributed by atoms with Crippen molar-refractivity contribution >= 4 is 172 Å². The molecule has 0 aliphatic heterocycles. The molecule has 0 fully saturated rings. The molecule has 1 nitrogen and oxygen atoms in total. The molecule has 1 heterocycles. The highest BCUT2D eigenvalue weighted by Crippen LogP contribution is 2.45. The first-order chi connectivity index (χ1) is 26.6. The molecule has 0 unspecified atom stereocenters. The molecule has 0 N–H and O–H groups in total. The predicted octanol–water partition coefficient (Wildman–Crippen LogP) is 3.55. The van der Waals surface area contributed by atoms with E-state index in [-0.39, 0.29) is 43.7 Å². The van der Waals surface area contributed by atoms with E-state index in [0.29, 0.717) is 38.3 Å². The highest BCUT2D eigenvalue weighted by molar-refractivity contribution is 6.71. The third-order valence-electron chi connectivity index (χ3n) is 11.2. The number of fused-ring (bicyclic) bond motifs is 8. The second-order valence-electron chi connectivity index (χ2n) is 14.1. The van der Waals surface area contributed by atoms with Crippen molar-refractivity contribution in [2.45, 2.75) is 0 Å². The molecule has 0 atom stereocenters. The Hall–Kier alpha value is -5.66. The first-order valence-electron chi connectivity index (χ1n) is 17.8. The van der Waals surface area contributed by atoms with Crippen LogP contribution in [-0.4, -0.2) is 62.8 Å². The SMILES string of the molecule is [B]c1c([B])c([B])c2c(-c3cccc4oc5ccccc5c34)c3c([B])c([B])c([B])c([B])c3c(-c3ccc4c(ccc5cc(-c6ccccc6)ccc54)c3)c2c1[B]. The summed E-state index contributed by atoms with van der Waals surface area (Å²) in [5.41, 5.74) is 8.24. The molecule has 0 aliphatic carbocycles. The predicted molar refractivity (Wildman–Crippen MR) is 243 cm³/mol. The Kier molecular flexibility index (Phi) is 7.66. The fourth-order valence-electron chi connectivity index (χ4n) is 8.52. The molecule has 0 bridgehead atoms. The summed E-state index contributed by atoms with van der Waals surface area (Å²) in [6.45, 7) is 0. The zero-order chi connectivity index (χ0) is 37.9. The van der Waals surface area contributed by atoms with Crippen LogP contribution in [0.2, 0.25) is 0 Å². The maximum absolute atomic E-state index is 7.05. The maximum atomic E-state index is 7.05. The van der Waals surface area contributed by atoms with Crippen molar-refractivity contribution in [3.63, 3.8) is 0 Å². The van der Waals surface area contributed by atoms with Gasteiger partial charge in [0, 0.05) is 10.8 Å². The first-order valence-corrected chi connectivity index (χ1v) is 17.8. The monoisotopic (exact) mass is 676 g/mol. The van der Waals surface area contributed by atoms with Gasteiger partial charge in [-0.05, 0) is 101 Å². The number of hydrogen-bond acceptors (Lipinski definition) is 1. The van der Waals surface area contributed by atoms with Gasteiger partial charge in [-0.2, -0.15) is 0 Å². The van der Waals surface area contributed by atoms with E-state index in [1.807, 2.05) is 60.7 Å². The number of furan rings is 1. The molecule has 16 radical (unpaired) electrons. The second-order valence-corrected chi connectivity index (χ2v) is 14.1. The molecule has 1 aromatic heterocycles. The van der Waals surface area contributed by atoms with Gasteiger partial charge in [0.2, 0.25) is 0 Å². The largest absolute Gasteiger partial charge is 0.456 e. The fraction of sp³-hybridized carbons (Fsp3) is 0. The molecule has 0 aliphatic rings. The summed E-state index contributed by atoms with van der Waals surface area (Å²) in [5.74, 6) is 0. The third-order valence-corrected chi connectivity index (χ3v) is 11.2. The Morgan fingerprint density at radius 1 is 0.309 bits per heavy atom. The second kappa shape index (κ2) is 12.4. The van der Waals surface area contributed by atoms with E-state index in [0.717, 1.165) is 60.2 Å². The summed E-state index contributed by atoms with van der Waals surface area (Å²) >= 11 is 0. The molecule has 10 rings (SSSR count). The van der Waals surface area contributed by atoms with E-state index in [1.165, 1.54) is 0 Å². The fourth-order valence-corrected chi connectivity index (χ4v) is 8.52. The standard InChI is InChI=1S/C46H20B8O/c47-39-35-32(25-16-18-27-24(20-25)14-13-23-19-22(15-17-26(23)27)21-7-2-1-3-8-21)36-38(42(50)46(54)44(52)40(36)48)34(37(35)41(49)45(53)43(39)51)29-10-6-12-31-33(29)28-9-4-5-11-30(28)55-31/h1-20H. The van der Waals surface area contributed by atoms with Gasteiger partial charge in [0.1, 0.15) is 73.9 Å². The molecule has 55 heavy (non-hydrogen) atoms. The van der Waals surface area contributed by atoms with Crippen LogP contribution in [-0.2, 0) is 0 Å². The average molecular weight is 675 g/mol. The molecule has 0 saturated carbocycles. The van der Waals surface area contributed by atoms with Crippen molar-refractivity contribution in [3.05, 3.63) is 121 Å². The quantitative estimate of drug-likeness (QED) is 0.159. The maximum Gasteiger partial charge on any atom is 0.136 e. The molecule has 9 aromatic carbocycles. The van der Waals surface area contributed by atoms with Gasteiger partial charge in [-0.15, -0.1) is 21.9 Å². The van der Waals surface area contributed by atoms with Crippen LogP contribution in [0.5, 0.6) is 0 Å². The van der Waals surface area contributed by atoms with Crippen molar-refractivity contribution in [1.82, 2.24) is 0 Å². The van der Waals surface area contributed by atoms with E-state index in [9.17, 15) is 0 Å². The van der Waals surface area contributed by atoms with E-state index >= 15 is 0 Å². The lowest BCUT2D eigenvalue weighted by molar-refractivity contribution is 0.669. The lowest BCUT2D eigenvalue weighted by atomic mass is 9.59. The van der Waals surface area contributed by atoms with Crippen LogP contribution in [0.1, 0.15) is 0 Å². The molecular weight excluding hydrogens is 655 g/mol. The van der Waals surface area contributed by atoms with Crippen molar-refractivity contribution in [2.24, 2.45) is 0 Å². The Bertz CT molecular complexity index is 3220. The minimum Gasteiger partial charge on any atom is -0.456 e. The molecule has 0 saturated heterocycles. The first kappa shape index (κ1) is 33.9. The van der Waals surface area contributed by atoms with Gasteiger partial charge in [0.05, 0.1) is 0 Å². The lowest BCUT2D eigenvalue weighted by Gasteiger charge is -2.29. The summed E-state index contributed by atoms with van der Waals surface area (Å²) in [4.78, 5) is 0. The van der Waals surface area contributed by atoms with Gasteiger partial charge in [-0.1, -0.05) is 119 Å². The van der Waals surface area contributed by atoms with Crippen LogP contribution < -0.4 is 43.7 Å². The van der Waals surface area contributed by atoms with E-state index in [1.54, 1.807) is 0 Å². The Labute approximate surface area is 329 Å². The molecule has 10 aromatic rings. The zero-order valence-electron chi connectivity index (χ0n) is 29.6. The number of rotatable bonds is 3. The summed E-state index contributed by atoms with van der Waals surface area (Å²) in [6.07, 6.45) is 0. The smallest absolute Gasteiger partial charge is 0.136 e. The topological polar surface area (TPSA) is 13.1 Å². The highest BCUT2D eigenvalue weighted by Gasteiger charge is 2.26. The normalized spacial score (nSPS) is 11.9. The molecule has 0 spiro atoms. The van der Waals surface area contributed by atoms with Crippen LogP contribution in [0.3, 0.4) is 0 Å². The van der Waals surface area contributed by atoms with Gasteiger partial charge < -0.3 is 4.42 Å². The summed E-state index contributed by atoms with van der Waals surface area (Å²) in [6, 6.07) is 41.1. The lowest BCUT2D eigenvalue weighted by Crippen LogP contribution is -2.50. The van der Waals surface area contributed by atoms with Gasteiger partial charge >= 0.3 is 0 Å². The van der Waals surface area contributed by atoms with Crippen LogP contribution >= 0.6 is 0 Å². The van der Waals surface area contributed by atoms with Gasteiger partial charge in [-0.25, -0.2) is 0 Å². The van der Waals surface area contributed by atoms with Crippen molar-refractivity contribution < 1.29 is 4.42 Å². The van der Waals surface area contributed by atoms with Gasteiger partial charge in [0.15, 0.2) is 0 Å². The van der Waals surface area contributed by atoms with E-state index in [4.69, 9.17) is 67.2 Å². The van der Waals surface area contributed by atoms with E-state index < -0.39 is 0 Å². The molecule has 0 amide bonds. The summed E-state index contributed by atoms with van der Waals surface area (Å²) in [5, 5.41) is 8.35. The molecule has 234 valence electrons.